The van der Waals surface area contributed by atoms with E-state index in [2.05, 4.69) is 5.32 Å². The van der Waals surface area contributed by atoms with Gasteiger partial charge in [-0.1, -0.05) is 11.6 Å². The molecule has 0 aromatic heterocycles. The molecule has 0 spiro atoms. The van der Waals surface area contributed by atoms with Crippen molar-refractivity contribution in [1.82, 2.24) is 0 Å². The Hall–Kier alpha value is -1.26. The topological polar surface area (TPSA) is 58.6 Å². The number of carbonyl (C=O) groups is 1. The second-order valence-electron chi connectivity index (χ2n) is 4.06. The van der Waals surface area contributed by atoms with Gasteiger partial charge in [-0.25, -0.2) is 4.79 Å². The predicted octanol–water partition coefficient (Wildman–Crippen LogP) is 2.63. The fourth-order valence-electron chi connectivity index (χ4n) is 1.87. The predicted molar refractivity (Wildman–Crippen MR) is 65.9 cm³/mol. The molecule has 0 bridgehead atoms. The van der Waals surface area contributed by atoms with Gasteiger partial charge in [0.2, 0.25) is 0 Å². The monoisotopic (exact) mass is 255 g/mol. The van der Waals surface area contributed by atoms with Crippen molar-refractivity contribution in [1.29, 1.82) is 0 Å². The summed E-state index contributed by atoms with van der Waals surface area (Å²) in [6.45, 7) is 1.50. The van der Waals surface area contributed by atoms with Crippen LogP contribution in [0.25, 0.3) is 0 Å². The number of hydrogen-bond donors (Lipinski definition) is 2. The van der Waals surface area contributed by atoms with E-state index in [-0.39, 0.29) is 16.6 Å². The molecule has 0 radical (unpaired) electrons. The first kappa shape index (κ1) is 12.2. The van der Waals surface area contributed by atoms with Crippen LogP contribution in [0.1, 0.15) is 23.2 Å². The van der Waals surface area contributed by atoms with E-state index in [0.29, 0.717) is 6.61 Å². The highest BCUT2D eigenvalue weighted by Crippen LogP contribution is 2.22. The van der Waals surface area contributed by atoms with Gasteiger partial charge in [0.15, 0.2) is 0 Å². The molecule has 1 unspecified atom stereocenters. The fourth-order valence-corrected chi connectivity index (χ4v) is 2.13. The van der Waals surface area contributed by atoms with Crippen molar-refractivity contribution in [3.8, 4) is 0 Å². The minimum Gasteiger partial charge on any atom is -0.478 e. The molecule has 5 heteroatoms. The highest BCUT2D eigenvalue weighted by atomic mass is 35.5. The average Bonchev–Trinajstić information content (AvgIpc) is 2.30. The van der Waals surface area contributed by atoms with Crippen LogP contribution in [0.4, 0.5) is 5.69 Å². The summed E-state index contributed by atoms with van der Waals surface area (Å²) >= 11 is 5.89. The first-order valence-corrected chi connectivity index (χ1v) is 5.92. The lowest BCUT2D eigenvalue weighted by atomic mass is 10.1. The molecule has 0 amide bonds. The molecule has 1 aromatic rings. The van der Waals surface area contributed by atoms with Gasteiger partial charge in [0, 0.05) is 18.3 Å². The summed E-state index contributed by atoms with van der Waals surface area (Å²) < 4.78 is 5.36. The second kappa shape index (κ2) is 5.38. The smallest absolute Gasteiger partial charge is 0.337 e. The maximum atomic E-state index is 10.8. The number of carboxylic acid groups (broad SMARTS) is 1. The highest BCUT2D eigenvalue weighted by Gasteiger charge is 2.14. The van der Waals surface area contributed by atoms with Crippen LogP contribution < -0.4 is 5.32 Å². The molecule has 1 atom stereocenters. The van der Waals surface area contributed by atoms with Crippen LogP contribution in [0.2, 0.25) is 5.02 Å². The Morgan fingerprint density at radius 2 is 2.35 bits per heavy atom. The van der Waals surface area contributed by atoms with Crippen LogP contribution in [0.5, 0.6) is 0 Å². The van der Waals surface area contributed by atoms with E-state index in [0.717, 1.165) is 25.1 Å². The van der Waals surface area contributed by atoms with E-state index in [1.54, 1.807) is 12.1 Å². The zero-order chi connectivity index (χ0) is 12.3. The van der Waals surface area contributed by atoms with Crippen molar-refractivity contribution in [2.75, 3.05) is 18.5 Å². The zero-order valence-corrected chi connectivity index (χ0v) is 10.0. The summed E-state index contributed by atoms with van der Waals surface area (Å²) in [5.41, 5.74) is 0.951. The molecule has 2 N–H and O–H groups in total. The quantitative estimate of drug-likeness (QED) is 0.872. The van der Waals surface area contributed by atoms with Crippen LogP contribution in [0, 0.1) is 0 Å². The molecule has 4 nitrogen and oxygen atoms in total. The third-order valence-corrected chi connectivity index (χ3v) is 3.04. The Labute approximate surface area is 105 Å². The van der Waals surface area contributed by atoms with Gasteiger partial charge in [0.25, 0.3) is 0 Å². The van der Waals surface area contributed by atoms with Gasteiger partial charge in [-0.3, -0.25) is 0 Å². The molecule has 1 fully saturated rings. The van der Waals surface area contributed by atoms with Gasteiger partial charge in [-0.05, 0) is 31.0 Å². The first-order chi connectivity index (χ1) is 8.16. The highest BCUT2D eigenvalue weighted by molar-refractivity contribution is 6.33. The molecule has 2 rings (SSSR count). The molecule has 1 aliphatic rings. The van der Waals surface area contributed by atoms with Crippen LogP contribution in [0.3, 0.4) is 0 Å². The number of rotatable bonds is 3. The van der Waals surface area contributed by atoms with Crippen molar-refractivity contribution < 1.29 is 14.6 Å². The van der Waals surface area contributed by atoms with Crippen LogP contribution in [-0.2, 0) is 4.74 Å². The summed E-state index contributed by atoms with van der Waals surface area (Å²) in [4.78, 5) is 10.8. The lowest BCUT2D eigenvalue weighted by molar-refractivity contribution is 0.0697. The molecule has 1 saturated heterocycles. The van der Waals surface area contributed by atoms with Gasteiger partial charge >= 0.3 is 5.97 Å². The number of benzene rings is 1. The Morgan fingerprint density at radius 3 is 2.94 bits per heavy atom. The second-order valence-corrected chi connectivity index (χ2v) is 4.47. The van der Waals surface area contributed by atoms with Gasteiger partial charge in [-0.15, -0.1) is 0 Å². The van der Waals surface area contributed by atoms with Crippen molar-refractivity contribution in [3.63, 3.8) is 0 Å². The lowest BCUT2D eigenvalue weighted by Crippen LogP contribution is -2.29. The van der Waals surface area contributed by atoms with Gasteiger partial charge in [0.1, 0.15) is 0 Å². The molecule has 1 aromatic carbocycles. The number of hydrogen-bond acceptors (Lipinski definition) is 3. The number of halogens is 1. The van der Waals surface area contributed by atoms with E-state index >= 15 is 0 Å². The van der Waals surface area contributed by atoms with Crippen LogP contribution >= 0.6 is 11.6 Å². The molecule has 0 saturated carbocycles. The summed E-state index contributed by atoms with van der Waals surface area (Å²) in [5.74, 6) is -1.01. The minimum absolute atomic E-state index is 0.122. The lowest BCUT2D eigenvalue weighted by Gasteiger charge is -2.24. The molecule has 1 heterocycles. The summed E-state index contributed by atoms with van der Waals surface area (Å²) in [5, 5.41) is 12.4. The molecular weight excluding hydrogens is 242 g/mol. The Morgan fingerprint density at radius 1 is 1.53 bits per heavy atom. The van der Waals surface area contributed by atoms with E-state index in [4.69, 9.17) is 21.4 Å². The molecule has 0 aliphatic carbocycles. The van der Waals surface area contributed by atoms with Crippen molar-refractivity contribution in [2.24, 2.45) is 0 Å². The maximum absolute atomic E-state index is 10.8. The number of anilines is 1. The number of carboxylic acids is 1. The molecule has 92 valence electrons. The van der Waals surface area contributed by atoms with E-state index in [1.807, 2.05) is 0 Å². The van der Waals surface area contributed by atoms with Gasteiger partial charge in [0.05, 0.1) is 17.2 Å². The van der Waals surface area contributed by atoms with E-state index < -0.39 is 5.97 Å². The maximum Gasteiger partial charge on any atom is 0.337 e. The molecule has 1 aliphatic heterocycles. The standard InChI is InChI=1S/C12H14ClNO3/c13-11-6-8(3-4-10(11)12(15)16)14-9-2-1-5-17-7-9/h3-4,6,9,14H,1-2,5,7H2,(H,15,16). The van der Waals surface area contributed by atoms with E-state index in [1.165, 1.54) is 6.07 Å². The number of nitrogens with one attached hydrogen (secondary N) is 1. The van der Waals surface area contributed by atoms with Crippen LogP contribution in [0.15, 0.2) is 18.2 Å². The summed E-state index contributed by atoms with van der Waals surface area (Å²) in [6.07, 6.45) is 2.09. The zero-order valence-electron chi connectivity index (χ0n) is 9.28. The molecular formula is C12H14ClNO3. The van der Waals surface area contributed by atoms with Crippen molar-refractivity contribution in [2.45, 2.75) is 18.9 Å². The Bertz CT molecular complexity index is 416. The fraction of sp³-hybridized carbons (Fsp3) is 0.417. The van der Waals surface area contributed by atoms with Crippen molar-refractivity contribution >= 4 is 23.3 Å². The SMILES string of the molecule is O=C(O)c1ccc(NC2CCCOC2)cc1Cl. The summed E-state index contributed by atoms with van der Waals surface area (Å²) in [6, 6.07) is 5.15. The normalized spacial score (nSPS) is 19.9. The Kier molecular flexibility index (Phi) is 3.86. The van der Waals surface area contributed by atoms with Gasteiger partial charge < -0.3 is 15.2 Å². The number of aromatic carboxylic acids is 1. The average molecular weight is 256 g/mol. The van der Waals surface area contributed by atoms with Gasteiger partial charge in [-0.2, -0.15) is 0 Å². The summed E-state index contributed by atoms with van der Waals surface area (Å²) in [7, 11) is 0. The van der Waals surface area contributed by atoms with Crippen LogP contribution in [-0.4, -0.2) is 30.3 Å². The van der Waals surface area contributed by atoms with E-state index in [9.17, 15) is 4.79 Å². The third-order valence-electron chi connectivity index (χ3n) is 2.73. The third kappa shape index (κ3) is 3.11. The largest absolute Gasteiger partial charge is 0.478 e. The first-order valence-electron chi connectivity index (χ1n) is 5.54. The van der Waals surface area contributed by atoms with Crippen molar-refractivity contribution in [3.05, 3.63) is 28.8 Å². The Balaban J connectivity index is 2.06. The number of ether oxygens (including phenoxy) is 1. The molecule has 17 heavy (non-hydrogen) atoms. The minimum atomic E-state index is -1.01.